The maximum absolute atomic E-state index is 10.3. The number of thiol groups is 1. The molecule has 0 saturated carbocycles. The minimum absolute atomic E-state index is 0.0972. The van der Waals surface area contributed by atoms with E-state index in [1.165, 1.54) is 12.3 Å². The van der Waals surface area contributed by atoms with Crippen LogP contribution in [0.1, 0.15) is 16.1 Å². The number of hydrogen-bond donors (Lipinski definition) is 2. The Morgan fingerprint density at radius 3 is 2.58 bits per heavy atom. The second kappa shape index (κ2) is 6.06. The van der Waals surface area contributed by atoms with Crippen LogP contribution >= 0.6 is 11.0 Å². The fourth-order valence-electron chi connectivity index (χ4n) is 0.653. The van der Waals surface area contributed by atoms with Crippen LogP contribution < -0.4 is 0 Å². The molecule has 0 aliphatic heterocycles. The molecule has 1 N–H and O–H groups in total. The summed E-state index contributed by atoms with van der Waals surface area (Å²) in [6.45, 7) is 1.83. The van der Waals surface area contributed by atoms with Gasteiger partial charge in [0.15, 0.2) is 0 Å². The molecule has 0 aliphatic carbocycles. The molecule has 0 spiro atoms. The van der Waals surface area contributed by atoms with E-state index in [0.29, 0.717) is 0 Å². The number of hydrogen-bond acceptors (Lipinski definition) is 3. The first kappa shape index (κ1) is 11.5. The summed E-state index contributed by atoms with van der Waals surface area (Å²) in [5.74, 6) is -0.983. The molecule has 12 heavy (non-hydrogen) atoms. The number of carboxylic acids is 1. The Balaban J connectivity index is 0.000000561. The van der Waals surface area contributed by atoms with Crippen molar-refractivity contribution in [3.8, 4) is 0 Å². The number of carboxylic acid groups (broad SMARTS) is 1. The van der Waals surface area contributed by atoms with E-state index in [2.05, 4.69) is 30.9 Å². The van der Waals surface area contributed by atoms with Gasteiger partial charge >= 0.3 is 31.9 Å². The van der Waals surface area contributed by atoms with Crippen molar-refractivity contribution < 1.29 is 9.90 Å². The number of aromatic carboxylic acids is 1. The quantitative estimate of drug-likeness (QED) is 0.578. The molecular weight excluding hydrogens is 241 g/mol. The molecule has 1 aromatic heterocycles. The number of aryl methyl sites for hydroxylation is 1. The third-order valence-electron chi connectivity index (χ3n) is 1.13. The summed E-state index contributed by atoms with van der Waals surface area (Å²) in [5, 5.41) is 8.45. The van der Waals surface area contributed by atoms with E-state index in [9.17, 15) is 4.79 Å². The average Bonchev–Trinajstić information content (AvgIpc) is 2.08. The van der Waals surface area contributed by atoms with Crippen molar-refractivity contribution in [3.05, 3.63) is 29.6 Å². The zero-order chi connectivity index (χ0) is 9.56. The van der Waals surface area contributed by atoms with Gasteiger partial charge < -0.3 is 5.11 Å². The summed E-state index contributed by atoms with van der Waals surface area (Å²) in [5.41, 5.74) is 1.01. The van der Waals surface area contributed by atoms with Gasteiger partial charge in [-0.15, -0.1) is 0 Å². The molecule has 0 unspecified atom stereocenters. The summed E-state index contributed by atoms with van der Waals surface area (Å²) < 4.78 is 0. The van der Waals surface area contributed by atoms with E-state index in [0.717, 1.165) is 5.56 Å². The van der Waals surface area contributed by atoms with Crippen molar-refractivity contribution in [3.63, 3.8) is 0 Å². The van der Waals surface area contributed by atoms with Crippen molar-refractivity contribution in [2.75, 3.05) is 0 Å². The topological polar surface area (TPSA) is 50.2 Å². The summed E-state index contributed by atoms with van der Waals surface area (Å²) >= 11 is 5.72. The van der Waals surface area contributed by atoms with Crippen molar-refractivity contribution in [2.45, 2.75) is 6.92 Å². The molecule has 5 heteroatoms. The number of carbonyl (C=O) groups is 1. The van der Waals surface area contributed by atoms with Gasteiger partial charge in [0.05, 0.1) is 0 Å². The van der Waals surface area contributed by atoms with Gasteiger partial charge in [0.1, 0.15) is 5.69 Å². The van der Waals surface area contributed by atoms with Gasteiger partial charge in [0.2, 0.25) is 0 Å². The van der Waals surface area contributed by atoms with Crippen LogP contribution in [0, 0.1) is 6.92 Å². The van der Waals surface area contributed by atoms with Gasteiger partial charge in [-0.3, -0.25) is 0 Å². The Morgan fingerprint density at radius 1 is 1.67 bits per heavy atom. The summed E-state index contributed by atoms with van der Waals surface area (Å²) in [6.07, 6.45) is 1.48. The van der Waals surface area contributed by atoms with Crippen molar-refractivity contribution in [1.82, 2.24) is 4.98 Å². The van der Waals surface area contributed by atoms with Crippen molar-refractivity contribution >= 4 is 31.9 Å². The molecule has 0 aromatic carbocycles. The van der Waals surface area contributed by atoms with Gasteiger partial charge in [0, 0.05) is 6.20 Å². The van der Waals surface area contributed by atoms with Gasteiger partial charge in [-0.05, 0) is 24.6 Å². The van der Waals surface area contributed by atoms with Gasteiger partial charge in [-0.25, -0.2) is 9.78 Å². The molecule has 0 amide bonds. The standard InChI is InChI=1S/C7H7NO2.HSSe/c1-5-2-3-8-6(4-5)7(9)10;1-2/h2-4H,1H3,(H,9,10);1H. The summed E-state index contributed by atoms with van der Waals surface area (Å²) in [6, 6.07) is 3.29. The number of pyridine rings is 1. The van der Waals surface area contributed by atoms with Crippen LogP contribution in [0.15, 0.2) is 18.3 Å². The zero-order valence-corrected chi connectivity index (χ0v) is 9.00. The van der Waals surface area contributed by atoms with E-state index in [1.807, 2.05) is 6.92 Å². The fourth-order valence-corrected chi connectivity index (χ4v) is 0.653. The van der Waals surface area contributed by atoms with Crippen LogP contribution in [0.25, 0.3) is 0 Å². The normalized spacial score (nSPS) is 8.25. The predicted molar refractivity (Wildman–Crippen MR) is 50.7 cm³/mol. The first-order valence-electron chi connectivity index (χ1n) is 3.04. The SMILES string of the molecule is Cc1ccnc(C(=O)O)c1.S[Se]. The van der Waals surface area contributed by atoms with Crippen LogP contribution in [-0.2, 0) is 0 Å². The molecule has 1 heterocycles. The Hall–Kier alpha value is -0.511. The second-order valence-electron chi connectivity index (χ2n) is 2.02. The molecule has 0 bridgehead atoms. The summed E-state index contributed by atoms with van der Waals surface area (Å²) in [7, 11) is 0. The molecular formula is C7H8NO2SSe. The molecule has 3 nitrogen and oxygen atoms in total. The second-order valence-corrected chi connectivity index (χ2v) is 2.02. The van der Waals surface area contributed by atoms with Gasteiger partial charge in [-0.2, -0.15) is 0 Å². The van der Waals surface area contributed by atoms with E-state index in [-0.39, 0.29) is 5.69 Å². The van der Waals surface area contributed by atoms with Crippen LogP contribution in [0.4, 0.5) is 0 Å². The Morgan fingerprint density at radius 2 is 2.25 bits per heavy atom. The number of nitrogens with zero attached hydrogens (tertiary/aromatic N) is 1. The van der Waals surface area contributed by atoms with E-state index < -0.39 is 5.97 Å². The molecule has 0 aliphatic rings. The predicted octanol–water partition coefficient (Wildman–Crippen LogP) is 1.09. The van der Waals surface area contributed by atoms with E-state index in [4.69, 9.17) is 5.11 Å². The van der Waals surface area contributed by atoms with Gasteiger partial charge in [-0.1, -0.05) is 0 Å². The van der Waals surface area contributed by atoms with Crippen molar-refractivity contribution in [1.29, 1.82) is 0 Å². The van der Waals surface area contributed by atoms with Crippen molar-refractivity contribution in [2.24, 2.45) is 0 Å². The molecule has 1 rings (SSSR count). The first-order chi connectivity index (χ1) is 5.70. The minimum atomic E-state index is -0.983. The number of aromatic nitrogens is 1. The van der Waals surface area contributed by atoms with Crippen LogP contribution in [0.3, 0.4) is 0 Å². The molecule has 0 atom stereocenters. The monoisotopic (exact) mass is 250 g/mol. The Kier molecular flexibility index (Phi) is 5.80. The molecule has 0 fully saturated rings. The average molecular weight is 249 g/mol. The fraction of sp³-hybridized carbons (Fsp3) is 0.143. The Bertz CT molecular complexity index is 267. The third-order valence-corrected chi connectivity index (χ3v) is 1.13. The van der Waals surface area contributed by atoms with E-state index >= 15 is 0 Å². The number of rotatable bonds is 1. The van der Waals surface area contributed by atoms with Crippen LogP contribution in [0.5, 0.6) is 0 Å². The maximum atomic E-state index is 10.3. The first-order valence-corrected chi connectivity index (χ1v) is 5.70. The van der Waals surface area contributed by atoms with E-state index in [1.54, 1.807) is 6.07 Å². The third kappa shape index (κ3) is 3.76. The van der Waals surface area contributed by atoms with Crippen LogP contribution in [0.2, 0.25) is 0 Å². The molecule has 65 valence electrons. The molecule has 1 aromatic rings. The molecule has 0 saturated heterocycles. The summed E-state index contributed by atoms with van der Waals surface area (Å²) in [4.78, 5) is 13.9. The zero-order valence-electron chi connectivity index (χ0n) is 6.39. The van der Waals surface area contributed by atoms with Gasteiger partial charge in [0.25, 0.3) is 0 Å². The molecule has 1 radical (unpaired) electrons. The van der Waals surface area contributed by atoms with Crippen LogP contribution in [-0.4, -0.2) is 31.0 Å². The Labute approximate surface area is 83.5 Å².